The van der Waals surface area contributed by atoms with Crippen LogP contribution < -0.4 is 14.8 Å². The Balaban J connectivity index is 0.00000392. The van der Waals surface area contributed by atoms with Crippen LogP contribution in [-0.2, 0) is 16.1 Å². The van der Waals surface area contributed by atoms with E-state index in [-0.39, 0.29) is 12.4 Å². The topological polar surface area (TPSA) is 100 Å². The number of oxime groups is 1. The number of amides is 1. The summed E-state index contributed by atoms with van der Waals surface area (Å²) in [7, 11) is 3.24. The number of hydrogen-bond acceptors (Lipinski definition) is 7. The molecule has 0 bridgehead atoms. The number of carbonyl (C=O) groups excluding carboxylic acids is 2. The van der Waals surface area contributed by atoms with Gasteiger partial charge in [0.15, 0.2) is 17.3 Å². The number of hydrogen-bond donors (Lipinski definition) is 2. The number of likely N-dealkylation sites (tertiary alicyclic amines) is 1. The molecule has 1 aromatic carbocycles. The highest BCUT2D eigenvalue weighted by molar-refractivity contribution is 6.65. The number of rotatable bonds is 8. The van der Waals surface area contributed by atoms with Crippen molar-refractivity contribution in [1.29, 1.82) is 0 Å². The second kappa shape index (κ2) is 11.5. The van der Waals surface area contributed by atoms with Crippen molar-refractivity contribution in [2.45, 2.75) is 26.3 Å². The number of Topliss-reactive ketones (excluding diaryl/α,β-unsaturated/α-hetero) is 1. The molecule has 0 atom stereocenters. The molecule has 2 rings (SSSR count). The summed E-state index contributed by atoms with van der Waals surface area (Å²) in [5, 5.41) is 14.2. The summed E-state index contributed by atoms with van der Waals surface area (Å²) in [6.45, 7) is 4.33. The van der Waals surface area contributed by atoms with Crippen LogP contribution in [0.4, 0.5) is 0 Å². The summed E-state index contributed by atoms with van der Waals surface area (Å²) >= 11 is 0. The zero-order valence-electron chi connectivity index (χ0n) is 16.4. The molecule has 1 amide bonds. The Morgan fingerprint density at radius 1 is 1.21 bits per heavy atom. The molecule has 1 fully saturated rings. The van der Waals surface area contributed by atoms with Crippen molar-refractivity contribution in [3.63, 3.8) is 0 Å². The predicted molar refractivity (Wildman–Crippen MR) is 108 cm³/mol. The van der Waals surface area contributed by atoms with E-state index in [9.17, 15) is 9.59 Å². The zero-order valence-corrected chi connectivity index (χ0v) is 17.3. The maximum Gasteiger partial charge on any atom is 0.277 e. The van der Waals surface area contributed by atoms with Gasteiger partial charge in [-0.1, -0.05) is 11.2 Å². The molecule has 2 N–H and O–H groups in total. The van der Waals surface area contributed by atoms with Gasteiger partial charge >= 0.3 is 0 Å². The van der Waals surface area contributed by atoms with Gasteiger partial charge in [0.25, 0.3) is 5.91 Å². The van der Waals surface area contributed by atoms with Crippen LogP contribution in [0, 0.1) is 5.92 Å². The van der Waals surface area contributed by atoms with Gasteiger partial charge in [0, 0.05) is 20.0 Å². The lowest BCUT2D eigenvalue weighted by Gasteiger charge is -2.32. The average molecular weight is 414 g/mol. The summed E-state index contributed by atoms with van der Waals surface area (Å²) in [6.07, 6.45) is 1.89. The van der Waals surface area contributed by atoms with E-state index in [0.29, 0.717) is 18.2 Å². The Morgan fingerprint density at radius 3 is 2.39 bits per heavy atom. The number of carbonyl (C=O) groups is 2. The van der Waals surface area contributed by atoms with Gasteiger partial charge in [-0.2, -0.15) is 0 Å². The van der Waals surface area contributed by atoms with Gasteiger partial charge in [-0.3, -0.25) is 14.5 Å². The van der Waals surface area contributed by atoms with Crippen LogP contribution in [0.25, 0.3) is 0 Å². The third kappa shape index (κ3) is 6.38. The lowest BCUT2D eigenvalue weighted by atomic mass is 9.96. The van der Waals surface area contributed by atoms with Gasteiger partial charge in [0.1, 0.15) is 0 Å². The summed E-state index contributed by atoms with van der Waals surface area (Å²) in [5.41, 5.74) is 0.700. The first-order chi connectivity index (χ1) is 13.0. The van der Waals surface area contributed by atoms with Crippen LogP contribution in [-0.4, -0.2) is 61.4 Å². The van der Waals surface area contributed by atoms with Gasteiger partial charge in [-0.05, 0) is 49.5 Å². The number of benzene rings is 1. The number of ketones is 1. The van der Waals surface area contributed by atoms with Crippen molar-refractivity contribution >= 4 is 29.8 Å². The van der Waals surface area contributed by atoms with Crippen molar-refractivity contribution in [2.24, 2.45) is 11.1 Å². The second-order valence-electron chi connectivity index (χ2n) is 6.62. The Morgan fingerprint density at radius 2 is 1.86 bits per heavy atom. The zero-order chi connectivity index (χ0) is 19.8. The number of halogens is 1. The fraction of sp³-hybridized carbons (Fsp3) is 0.526. The Bertz CT molecular complexity index is 703. The SMILES string of the molecule is COc1ccc(CN2CCC(CNC(=O)/C(=N/O)C(C)=O)CC2)cc1OC.Cl. The van der Waals surface area contributed by atoms with Crippen molar-refractivity contribution < 1.29 is 24.3 Å². The monoisotopic (exact) mass is 413 g/mol. The molecule has 1 aliphatic rings. The van der Waals surface area contributed by atoms with Gasteiger partial charge in [-0.25, -0.2) is 0 Å². The summed E-state index contributed by atoms with van der Waals surface area (Å²) in [4.78, 5) is 25.4. The molecule has 1 heterocycles. The van der Waals surface area contributed by atoms with E-state index in [1.54, 1.807) is 14.2 Å². The van der Waals surface area contributed by atoms with E-state index in [0.717, 1.165) is 43.8 Å². The Labute approximate surface area is 171 Å². The molecule has 28 heavy (non-hydrogen) atoms. The van der Waals surface area contributed by atoms with Crippen LogP contribution in [0.1, 0.15) is 25.3 Å². The first-order valence-electron chi connectivity index (χ1n) is 8.93. The molecule has 0 spiro atoms. The standard InChI is InChI=1S/C19H27N3O5.ClH/c1-13(23)18(21-25)19(24)20-11-14-6-8-22(9-7-14)12-15-4-5-16(26-2)17(10-15)27-3;/h4-5,10,14,25H,6-9,11-12H2,1-3H3,(H,20,24);1H/b21-18+;. The number of piperidine rings is 1. The fourth-order valence-corrected chi connectivity index (χ4v) is 3.18. The van der Waals surface area contributed by atoms with Gasteiger partial charge in [-0.15, -0.1) is 12.4 Å². The average Bonchev–Trinajstić information content (AvgIpc) is 2.67. The van der Waals surface area contributed by atoms with Crippen molar-refractivity contribution in [1.82, 2.24) is 10.2 Å². The van der Waals surface area contributed by atoms with Crippen LogP contribution in [0.3, 0.4) is 0 Å². The molecule has 1 aliphatic heterocycles. The van der Waals surface area contributed by atoms with Crippen molar-refractivity contribution in [3.05, 3.63) is 23.8 Å². The lowest BCUT2D eigenvalue weighted by Crippen LogP contribution is -2.41. The summed E-state index contributed by atoms with van der Waals surface area (Å²) in [5.74, 6) is 0.589. The Hall–Kier alpha value is -2.32. The van der Waals surface area contributed by atoms with E-state index in [4.69, 9.17) is 14.7 Å². The highest BCUT2D eigenvalue weighted by Crippen LogP contribution is 2.28. The summed E-state index contributed by atoms with van der Waals surface area (Å²) < 4.78 is 10.6. The molecule has 0 saturated carbocycles. The van der Waals surface area contributed by atoms with Crippen molar-refractivity contribution in [2.75, 3.05) is 33.9 Å². The maximum atomic E-state index is 11.8. The molecule has 1 aromatic rings. The number of nitrogens with one attached hydrogen (secondary N) is 1. The molecule has 1 saturated heterocycles. The third-order valence-corrected chi connectivity index (χ3v) is 4.76. The molecule has 8 nitrogen and oxygen atoms in total. The highest BCUT2D eigenvalue weighted by atomic mass is 35.5. The second-order valence-corrected chi connectivity index (χ2v) is 6.62. The first-order valence-corrected chi connectivity index (χ1v) is 8.93. The van der Waals surface area contributed by atoms with E-state index < -0.39 is 17.4 Å². The van der Waals surface area contributed by atoms with Crippen molar-refractivity contribution in [3.8, 4) is 11.5 Å². The van der Waals surface area contributed by atoms with Crippen LogP contribution in [0.2, 0.25) is 0 Å². The minimum atomic E-state index is -0.627. The first kappa shape index (κ1) is 23.7. The van der Waals surface area contributed by atoms with E-state index in [1.165, 1.54) is 6.92 Å². The number of ether oxygens (including phenoxy) is 2. The molecule has 0 unspecified atom stereocenters. The largest absolute Gasteiger partial charge is 0.493 e. The fourth-order valence-electron chi connectivity index (χ4n) is 3.18. The molecule has 0 radical (unpaired) electrons. The minimum absolute atomic E-state index is 0. The van der Waals surface area contributed by atoms with E-state index in [1.807, 2.05) is 18.2 Å². The lowest BCUT2D eigenvalue weighted by molar-refractivity contribution is -0.117. The molecule has 9 heteroatoms. The normalized spacial score (nSPS) is 15.5. The number of methoxy groups -OCH3 is 2. The van der Waals surface area contributed by atoms with Crippen LogP contribution >= 0.6 is 12.4 Å². The smallest absolute Gasteiger partial charge is 0.277 e. The minimum Gasteiger partial charge on any atom is -0.493 e. The summed E-state index contributed by atoms with van der Waals surface area (Å²) in [6, 6.07) is 5.93. The molecule has 156 valence electrons. The van der Waals surface area contributed by atoms with Gasteiger partial charge in [0.05, 0.1) is 14.2 Å². The Kier molecular flexibility index (Phi) is 9.75. The maximum absolute atomic E-state index is 11.8. The molecular formula is C19H28ClN3O5. The molecule has 0 aliphatic carbocycles. The van der Waals surface area contributed by atoms with Crippen LogP contribution in [0.5, 0.6) is 11.5 Å². The highest BCUT2D eigenvalue weighted by Gasteiger charge is 2.22. The van der Waals surface area contributed by atoms with E-state index in [2.05, 4.69) is 15.4 Å². The van der Waals surface area contributed by atoms with Gasteiger partial charge < -0.3 is 20.0 Å². The number of nitrogens with zero attached hydrogens (tertiary/aromatic N) is 2. The molecular weight excluding hydrogens is 386 g/mol. The van der Waals surface area contributed by atoms with Crippen LogP contribution in [0.15, 0.2) is 23.4 Å². The quantitative estimate of drug-likeness (QED) is 0.292. The third-order valence-electron chi connectivity index (χ3n) is 4.76. The van der Waals surface area contributed by atoms with E-state index >= 15 is 0 Å². The predicted octanol–water partition coefficient (Wildman–Crippen LogP) is 1.87. The van der Waals surface area contributed by atoms with Gasteiger partial charge in [0.2, 0.25) is 5.71 Å². The molecule has 0 aromatic heterocycles.